The molecule has 0 saturated carbocycles. The fourth-order valence-corrected chi connectivity index (χ4v) is 1.59. The predicted molar refractivity (Wildman–Crippen MR) is 57.1 cm³/mol. The Balaban J connectivity index is 2.24. The maximum Gasteiger partial charge on any atom is 0.488 e. The van der Waals surface area contributed by atoms with Gasteiger partial charge in [-0.3, -0.25) is 4.68 Å². The molecule has 1 aromatic carbocycles. The molecule has 0 radical (unpaired) electrons. The standard InChI is InChI=1S/C9H8FN3O3S/c1-13-6-11-9(12-13)7-2-4-8(5-3-7)16-17(10,14)15/h2-6H,1H3. The second-order valence-electron chi connectivity index (χ2n) is 3.24. The molecule has 90 valence electrons. The average Bonchev–Trinajstić information content (AvgIpc) is 2.63. The molecular weight excluding hydrogens is 249 g/mol. The summed E-state index contributed by atoms with van der Waals surface area (Å²) in [5, 5.41) is 4.06. The largest absolute Gasteiger partial charge is 0.488 e. The van der Waals surface area contributed by atoms with Crippen LogP contribution < -0.4 is 4.18 Å². The van der Waals surface area contributed by atoms with Crippen LogP contribution >= 0.6 is 0 Å². The van der Waals surface area contributed by atoms with Gasteiger partial charge in [-0.1, -0.05) is 3.89 Å². The number of aromatic nitrogens is 3. The average molecular weight is 257 g/mol. The van der Waals surface area contributed by atoms with Crippen LogP contribution in [0, 0.1) is 0 Å². The van der Waals surface area contributed by atoms with Gasteiger partial charge in [0, 0.05) is 12.6 Å². The maximum absolute atomic E-state index is 12.2. The number of rotatable bonds is 3. The van der Waals surface area contributed by atoms with Crippen LogP contribution in [0.15, 0.2) is 30.6 Å². The van der Waals surface area contributed by atoms with E-state index in [1.807, 2.05) is 0 Å². The zero-order valence-corrected chi connectivity index (χ0v) is 9.56. The Labute approximate surface area is 97.1 Å². The number of nitrogens with zero attached hydrogens (tertiary/aromatic N) is 3. The molecule has 8 heteroatoms. The van der Waals surface area contributed by atoms with Crippen molar-refractivity contribution in [3.8, 4) is 17.1 Å². The van der Waals surface area contributed by atoms with Gasteiger partial charge in [0.25, 0.3) is 0 Å². The minimum absolute atomic E-state index is 0.104. The minimum Gasteiger partial charge on any atom is -0.358 e. The van der Waals surface area contributed by atoms with Crippen molar-refractivity contribution in [2.75, 3.05) is 0 Å². The summed E-state index contributed by atoms with van der Waals surface area (Å²) in [6.45, 7) is 0. The van der Waals surface area contributed by atoms with E-state index in [1.165, 1.54) is 35.3 Å². The highest BCUT2D eigenvalue weighted by atomic mass is 32.3. The van der Waals surface area contributed by atoms with Crippen LogP contribution in [0.1, 0.15) is 0 Å². The molecule has 6 nitrogen and oxygen atoms in total. The molecule has 0 aliphatic carbocycles. The third-order valence-electron chi connectivity index (χ3n) is 1.91. The van der Waals surface area contributed by atoms with Crippen LogP contribution in [0.25, 0.3) is 11.4 Å². The lowest BCUT2D eigenvalue weighted by molar-refractivity contribution is 0.440. The summed E-state index contributed by atoms with van der Waals surface area (Å²) in [6.07, 6.45) is 1.53. The van der Waals surface area contributed by atoms with Gasteiger partial charge in [-0.2, -0.15) is 13.5 Å². The Bertz CT molecular complexity index is 621. The van der Waals surface area contributed by atoms with Crippen LogP contribution in [-0.2, 0) is 17.6 Å². The lowest BCUT2D eigenvalue weighted by Crippen LogP contribution is -2.00. The minimum atomic E-state index is -4.99. The van der Waals surface area contributed by atoms with E-state index in [0.29, 0.717) is 11.4 Å². The maximum atomic E-state index is 12.2. The number of halogens is 1. The van der Waals surface area contributed by atoms with Gasteiger partial charge < -0.3 is 4.18 Å². The Morgan fingerprint density at radius 1 is 1.29 bits per heavy atom. The van der Waals surface area contributed by atoms with Crippen LogP contribution in [0.2, 0.25) is 0 Å². The van der Waals surface area contributed by atoms with Crippen molar-refractivity contribution < 1.29 is 16.5 Å². The predicted octanol–water partition coefficient (Wildman–Crippen LogP) is 1.08. The van der Waals surface area contributed by atoms with E-state index in [9.17, 15) is 12.3 Å². The third kappa shape index (κ3) is 3.00. The van der Waals surface area contributed by atoms with Crippen molar-refractivity contribution in [3.05, 3.63) is 30.6 Å². The van der Waals surface area contributed by atoms with E-state index >= 15 is 0 Å². The molecule has 0 aliphatic heterocycles. The highest BCUT2D eigenvalue weighted by Crippen LogP contribution is 2.20. The Hall–Kier alpha value is -1.96. The molecule has 1 heterocycles. The lowest BCUT2D eigenvalue weighted by atomic mass is 10.2. The molecule has 0 saturated heterocycles. The Morgan fingerprint density at radius 2 is 1.94 bits per heavy atom. The van der Waals surface area contributed by atoms with Gasteiger partial charge in [-0.05, 0) is 24.3 Å². The summed E-state index contributed by atoms with van der Waals surface area (Å²) in [5.41, 5.74) is 0.675. The van der Waals surface area contributed by atoms with Crippen LogP contribution in [0.3, 0.4) is 0 Å². The van der Waals surface area contributed by atoms with Crippen LogP contribution in [0.5, 0.6) is 5.75 Å². The van der Waals surface area contributed by atoms with Crippen molar-refractivity contribution in [1.82, 2.24) is 14.8 Å². The quantitative estimate of drug-likeness (QED) is 0.769. The first-order chi connectivity index (χ1) is 7.94. The smallest absolute Gasteiger partial charge is 0.358 e. The lowest BCUT2D eigenvalue weighted by Gasteiger charge is -2.00. The van der Waals surface area contributed by atoms with Crippen molar-refractivity contribution in [1.29, 1.82) is 0 Å². The molecule has 0 bridgehead atoms. The molecule has 1 aromatic heterocycles. The monoisotopic (exact) mass is 257 g/mol. The Kier molecular flexibility index (Phi) is 2.80. The number of hydrogen-bond acceptors (Lipinski definition) is 5. The fourth-order valence-electron chi connectivity index (χ4n) is 1.25. The normalized spacial score (nSPS) is 11.4. The molecule has 0 N–H and O–H groups in total. The van der Waals surface area contributed by atoms with Crippen molar-refractivity contribution in [2.24, 2.45) is 7.05 Å². The second kappa shape index (κ2) is 4.13. The van der Waals surface area contributed by atoms with Crippen LogP contribution in [-0.4, -0.2) is 23.2 Å². The first kappa shape index (κ1) is 11.5. The molecule has 0 amide bonds. The highest BCUT2D eigenvalue weighted by Gasteiger charge is 2.10. The zero-order valence-electron chi connectivity index (χ0n) is 8.74. The summed E-state index contributed by atoms with van der Waals surface area (Å²) in [4.78, 5) is 4.01. The van der Waals surface area contributed by atoms with Gasteiger partial charge in [0.15, 0.2) is 5.82 Å². The van der Waals surface area contributed by atoms with E-state index in [2.05, 4.69) is 14.3 Å². The Morgan fingerprint density at radius 3 is 2.41 bits per heavy atom. The van der Waals surface area contributed by atoms with Crippen LogP contribution in [0.4, 0.5) is 3.89 Å². The van der Waals surface area contributed by atoms with Crippen molar-refractivity contribution in [3.63, 3.8) is 0 Å². The fraction of sp³-hybridized carbons (Fsp3) is 0.111. The molecule has 2 rings (SSSR count). The molecule has 0 fully saturated rings. The van der Waals surface area contributed by atoms with E-state index in [1.54, 1.807) is 7.05 Å². The molecule has 0 aliphatic rings. The summed E-state index contributed by atoms with van der Waals surface area (Å²) >= 11 is 0. The topological polar surface area (TPSA) is 74.1 Å². The van der Waals surface area contributed by atoms with Crippen molar-refractivity contribution in [2.45, 2.75) is 0 Å². The van der Waals surface area contributed by atoms with E-state index in [4.69, 9.17) is 0 Å². The summed E-state index contributed by atoms with van der Waals surface area (Å²) in [7, 11) is -3.26. The zero-order chi connectivity index (χ0) is 12.5. The molecule has 2 aromatic rings. The van der Waals surface area contributed by atoms with Crippen molar-refractivity contribution >= 4 is 10.5 Å². The van der Waals surface area contributed by atoms with E-state index in [-0.39, 0.29) is 5.75 Å². The molecule has 0 spiro atoms. The SMILES string of the molecule is Cn1cnc(-c2ccc(OS(=O)(=O)F)cc2)n1. The van der Waals surface area contributed by atoms with Gasteiger partial charge >= 0.3 is 10.5 Å². The van der Waals surface area contributed by atoms with Gasteiger partial charge in [0.05, 0.1) is 0 Å². The number of hydrogen-bond donors (Lipinski definition) is 0. The first-order valence-corrected chi connectivity index (χ1v) is 5.85. The van der Waals surface area contributed by atoms with Gasteiger partial charge in [-0.25, -0.2) is 4.98 Å². The molecule has 17 heavy (non-hydrogen) atoms. The van der Waals surface area contributed by atoms with E-state index < -0.39 is 10.5 Å². The first-order valence-electron chi connectivity index (χ1n) is 4.54. The summed E-state index contributed by atoms with van der Waals surface area (Å²) < 4.78 is 38.3. The number of aryl methyl sites for hydroxylation is 1. The van der Waals surface area contributed by atoms with E-state index in [0.717, 1.165) is 0 Å². The van der Waals surface area contributed by atoms with Gasteiger partial charge in [-0.15, -0.1) is 0 Å². The molecular formula is C9H8FN3O3S. The summed E-state index contributed by atoms with van der Waals surface area (Å²) in [5.74, 6) is 0.384. The third-order valence-corrected chi connectivity index (χ3v) is 2.30. The molecule has 0 unspecified atom stereocenters. The molecule has 0 atom stereocenters. The number of benzene rings is 1. The summed E-state index contributed by atoms with van der Waals surface area (Å²) in [6, 6.07) is 5.72. The highest BCUT2D eigenvalue weighted by molar-refractivity contribution is 7.81. The van der Waals surface area contributed by atoms with Gasteiger partial charge in [0.2, 0.25) is 0 Å². The second-order valence-corrected chi connectivity index (χ2v) is 4.20. The van der Waals surface area contributed by atoms with Gasteiger partial charge in [0.1, 0.15) is 12.1 Å².